The Bertz CT molecular complexity index is 737. The summed E-state index contributed by atoms with van der Waals surface area (Å²) in [6, 6.07) is 3.98. The van der Waals surface area contributed by atoms with E-state index in [0.717, 1.165) is 0 Å². The third-order valence-electron chi connectivity index (χ3n) is 4.23. The number of piperidine rings is 1. The van der Waals surface area contributed by atoms with Crippen LogP contribution in [0.2, 0.25) is 5.15 Å². The highest BCUT2D eigenvalue weighted by molar-refractivity contribution is 6.30. The number of nitrogens with two attached hydrogens (primary N) is 1. The van der Waals surface area contributed by atoms with Crippen LogP contribution in [0.1, 0.15) is 41.6 Å². The summed E-state index contributed by atoms with van der Waals surface area (Å²) in [4.78, 5) is 15.9. The second kappa shape index (κ2) is 6.51. The highest BCUT2D eigenvalue weighted by Crippen LogP contribution is 2.36. The van der Waals surface area contributed by atoms with Crippen molar-refractivity contribution < 1.29 is 9.90 Å². The predicted octanol–water partition coefficient (Wildman–Crippen LogP) is 0.334. The second-order valence-corrected chi connectivity index (χ2v) is 5.75. The fourth-order valence-electron chi connectivity index (χ4n) is 2.95. The van der Waals surface area contributed by atoms with Crippen molar-refractivity contribution in [2.24, 2.45) is 5.73 Å². The average molecular weight is 334 g/mol. The van der Waals surface area contributed by atoms with E-state index in [-0.39, 0.29) is 34.9 Å². The van der Waals surface area contributed by atoms with Gasteiger partial charge in [0.15, 0.2) is 5.60 Å². The Labute approximate surface area is 138 Å². The molecule has 8 heteroatoms. The Morgan fingerprint density at radius 3 is 2.70 bits per heavy atom. The topological polar surface area (TPSA) is 136 Å². The van der Waals surface area contributed by atoms with Gasteiger partial charge in [-0.15, -0.1) is 0 Å². The summed E-state index contributed by atoms with van der Waals surface area (Å²) in [5, 5.41) is 32.4. The van der Waals surface area contributed by atoms with Gasteiger partial charge in [-0.3, -0.25) is 4.79 Å². The normalized spacial score (nSPS) is 23.8. The lowest BCUT2D eigenvalue weighted by Crippen LogP contribution is -2.56. The first-order valence-corrected chi connectivity index (χ1v) is 7.53. The summed E-state index contributed by atoms with van der Waals surface area (Å²) in [6.45, 7) is 2.44. The van der Waals surface area contributed by atoms with Crippen molar-refractivity contribution in [2.45, 2.75) is 31.3 Å². The van der Waals surface area contributed by atoms with Crippen molar-refractivity contribution in [1.29, 1.82) is 10.5 Å². The maximum Gasteiger partial charge on any atom is 0.250 e. The third-order valence-corrected chi connectivity index (χ3v) is 4.50. The molecule has 1 aromatic heterocycles. The lowest BCUT2D eigenvalue weighted by Gasteiger charge is -2.38. The summed E-state index contributed by atoms with van der Waals surface area (Å²) < 4.78 is 0. The molecule has 2 heterocycles. The summed E-state index contributed by atoms with van der Waals surface area (Å²) in [6.07, 6.45) is 0.509. The van der Waals surface area contributed by atoms with Gasteiger partial charge in [-0.25, -0.2) is 4.98 Å². The molecular formula is C15H16ClN5O2. The van der Waals surface area contributed by atoms with Gasteiger partial charge in [-0.05, 0) is 24.9 Å². The Morgan fingerprint density at radius 1 is 1.52 bits per heavy atom. The highest BCUT2D eigenvalue weighted by atomic mass is 35.5. The third kappa shape index (κ3) is 2.75. The lowest BCUT2D eigenvalue weighted by atomic mass is 9.77. The maximum atomic E-state index is 11.8. The number of rotatable bonds is 3. The molecular weight excluding hydrogens is 318 g/mol. The minimum atomic E-state index is -1.81. The summed E-state index contributed by atoms with van der Waals surface area (Å²) in [7, 11) is 0. The molecule has 0 spiro atoms. The number of nitriles is 2. The number of carbonyl (C=O) groups excluding carboxylic acids is 1. The Morgan fingerprint density at radius 2 is 2.17 bits per heavy atom. The molecule has 7 nitrogen and oxygen atoms in total. The SMILES string of the molecule is CCc1c(C#N)c(Cl)nc(C2CNCCC2(O)C(N)=O)c1C#N. The van der Waals surface area contributed by atoms with E-state index in [2.05, 4.69) is 10.3 Å². The molecule has 0 bridgehead atoms. The first kappa shape index (κ1) is 17.2. The van der Waals surface area contributed by atoms with Crippen LogP contribution in [0.4, 0.5) is 0 Å². The van der Waals surface area contributed by atoms with Crippen LogP contribution in [0.3, 0.4) is 0 Å². The van der Waals surface area contributed by atoms with Gasteiger partial charge in [0.05, 0.1) is 22.7 Å². The van der Waals surface area contributed by atoms with E-state index in [1.807, 2.05) is 12.1 Å². The molecule has 2 unspecified atom stereocenters. The second-order valence-electron chi connectivity index (χ2n) is 5.39. The summed E-state index contributed by atoms with van der Waals surface area (Å²) in [5.74, 6) is -1.67. The smallest absolute Gasteiger partial charge is 0.250 e. The number of primary amides is 1. The lowest BCUT2D eigenvalue weighted by molar-refractivity contribution is -0.141. The zero-order valence-electron chi connectivity index (χ0n) is 12.6. The molecule has 2 rings (SSSR count). The molecule has 23 heavy (non-hydrogen) atoms. The van der Waals surface area contributed by atoms with E-state index in [9.17, 15) is 20.4 Å². The minimum absolute atomic E-state index is 0.0456. The van der Waals surface area contributed by atoms with Gasteiger partial charge in [-0.1, -0.05) is 18.5 Å². The van der Waals surface area contributed by atoms with Gasteiger partial charge in [0.25, 0.3) is 0 Å². The molecule has 0 radical (unpaired) electrons. The predicted molar refractivity (Wildman–Crippen MR) is 82.4 cm³/mol. The first-order valence-electron chi connectivity index (χ1n) is 7.16. The number of halogens is 1. The fraction of sp³-hybridized carbons (Fsp3) is 0.467. The number of hydrogen-bond donors (Lipinski definition) is 3. The average Bonchev–Trinajstić information content (AvgIpc) is 2.53. The largest absolute Gasteiger partial charge is 0.379 e. The summed E-state index contributed by atoms with van der Waals surface area (Å²) >= 11 is 6.07. The molecule has 1 amide bonds. The Kier molecular flexibility index (Phi) is 4.86. The zero-order chi connectivity index (χ0) is 17.2. The Hall–Kier alpha value is -2.19. The van der Waals surface area contributed by atoms with E-state index in [4.69, 9.17) is 17.3 Å². The molecule has 0 aromatic carbocycles. The molecule has 1 saturated heterocycles. The first-order chi connectivity index (χ1) is 10.9. The van der Waals surface area contributed by atoms with E-state index >= 15 is 0 Å². The van der Waals surface area contributed by atoms with E-state index in [1.54, 1.807) is 6.92 Å². The monoisotopic (exact) mass is 333 g/mol. The fourth-order valence-corrected chi connectivity index (χ4v) is 3.20. The van der Waals surface area contributed by atoms with E-state index in [0.29, 0.717) is 18.5 Å². The van der Waals surface area contributed by atoms with Crippen molar-refractivity contribution >= 4 is 17.5 Å². The molecule has 1 aliphatic heterocycles. The van der Waals surface area contributed by atoms with Crippen molar-refractivity contribution in [3.8, 4) is 12.1 Å². The highest BCUT2D eigenvalue weighted by Gasteiger charge is 2.47. The van der Waals surface area contributed by atoms with Gasteiger partial charge in [-0.2, -0.15) is 10.5 Å². The standard InChI is InChI=1S/C15H16ClN5O2/c1-2-8-9(5-17)12(21-13(16)10(8)6-18)11-7-20-4-3-15(11,23)14(19)22/h11,20,23H,2-4,7H2,1H3,(H2,19,22). The molecule has 120 valence electrons. The van der Waals surface area contributed by atoms with Crippen molar-refractivity contribution in [1.82, 2.24) is 10.3 Å². The van der Waals surface area contributed by atoms with Gasteiger partial charge in [0.1, 0.15) is 17.3 Å². The molecule has 1 aromatic rings. The quantitative estimate of drug-likeness (QED) is 0.682. The number of carbonyl (C=O) groups is 1. The van der Waals surface area contributed by atoms with E-state index in [1.165, 1.54) is 0 Å². The van der Waals surface area contributed by atoms with Gasteiger partial charge < -0.3 is 16.2 Å². The van der Waals surface area contributed by atoms with Crippen LogP contribution in [0.25, 0.3) is 0 Å². The number of hydrogen-bond acceptors (Lipinski definition) is 6. The minimum Gasteiger partial charge on any atom is -0.379 e. The van der Waals surface area contributed by atoms with Crippen LogP contribution in [-0.2, 0) is 11.2 Å². The number of amides is 1. The van der Waals surface area contributed by atoms with Crippen LogP contribution >= 0.6 is 11.6 Å². The van der Waals surface area contributed by atoms with Gasteiger partial charge in [0, 0.05) is 6.54 Å². The van der Waals surface area contributed by atoms with Crippen LogP contribution in [0, 0.1) is 22.7 Å². The molecule has 1 fully saturated rings. The van der Waals surface area contributed by atoms with Crippen molar-refractivity contribution in [2.75, 3.05) is 13.1 Å². The summed E-state index contributed by atoms with van der Waals surface area (Å²) in [5.41, 5.74) is 4.52. The maximum absolute atomic E-state index is 11.8. The molecule has 1 aliphatic rings. The van der Waals surface area contributed by atoms with Crippen molar-refractivity contribution in [3.63, 3.8) is 0 Å². The molecule has 0 saturated carbocycles. The number of aromatic nitrogens is 1. The van der Waals surface area contributed by atoms with Crippen LogP contribution < -0.4 is 11.1 Å². The van der Waals surface area contributed by atoms with Crippen LogP contribution in [-0.4, -0.2) is 34.7 Å². The van der Waals surface area contributed by atoms with Gasteiger partial charge >= 0.3 is 0 Å². The molecule has 4 N–H and O–H groups in total. The number of nitrogens with one attached hydrogen (secondary N) is 1. The zero-order valence-corrected chi connectivity index (χ0v) is 13.3. The molecule has 0 aliphatic carbocycles. The van der Waals surface area contributed by atoms with Crippen LogP contribution in [0.5, 0.6) is 0 Å². The molecule has 2 atom stereocenters. The van der Waals surface area contributed by atoms with Gasteiger partial charge in [0.2, 0.25) is 5.91 Å². The number of nitrogens with zero attached hydrogens (tertiary/aromatic N) is 3. The number of aliphatic hydroxyl groups is 1. The Balaban J connectivity index is 2.72. The van der Waals surface area contributed by atoms with E-state index < -0.39 is 17.4 Å². The van der Waals surface area contributed by atoms with Crippen LogP contribution in [0.15, 0.2) is 0 Å². The van der Waals surface area contributed by atoms with Crippen molar-refractivity contribution in [3.05, 3.63) is 27.5 Å². The number of pyridine rings is 1.